The van der Waals surface area contributed by atoms with E-state index in [1.807, 2.05) is 25.1 Å². The van der Waals surface area contributed by atoms with Crippen LogP contribution in [0.25, 0.3) is 6.08 Å². The lowest BCUT2D eigenvalue weighted by molar-refractivity contribution is -0.153. The number of esters is 1. The molecule has 2 rings (SSSR count). The summed E-state index contributed by atoms with van der Waals surface area (Å²) in [6.07, 6.45) is 4.35. The van der Waals surface area contributed by atoms with Gasteiger partial charge in [-0.05, 0) is 37.8 Å². The first-order valence-corrected chi connectivity index (χ1v) is 10.6. The molecule has 7 nitrogen and oxygen atoms in total. The van der Waals surface area contributed by atoms with Crippen LogP contribution in [0.15, 0.2) is 35.7 Å². The molecule has 1 fully saturated rings. The van der Waals surface area contributed by atoms with Crippen molar-refractivity contribution in [3.05, 3.63) is 41.3 Å². The minimum Gasteiger partial charge on any atom is -0.456 e. The van der Waals surface area contributed by atoms with Crippen LogP contribution in [0.5, 0.6) is 0 Å². The Morgan fingerprint density at radius 3 is 2.70 bits per heavy atom. The van der Waals surface area contributed by atoms with Crippen molar-refractivity contribution in [3.8, 4) is 0 Å². The summed E-state index contributed by atoms with van der Waals surface area (Å²) in [5.41, 5.74) is 0.757. The first-order valence-electron chi connectivity index (χ1n) is 9.05. The van der Waals surface area contributed by atoms with E-state index in [1.165, 1.54) is 6.08 Å². The molecule has 1 aliphatic heterocycles. The summed E-state index contributed by atoms with van der Waals surface area (Å²) in [6.45, 7) is 2.28. The van der Waals surface area contributed by atoms with Gasteiger partial charge in [0.1, 0.15) is 0 Å². The van der Waals surface area contributed by atoms with E-state index in [2.05, 4.69) is 4.72 Å². The molecular formula is C19H26N2O5S. The Hall–Kier alpha value is -2.19. The van der Waals surface area contributed by atoms with Gasteiger partial charge in [-0.2, -0.15) is 0 Å². The number of amides is 1. The van der Waals surface area contributed by atoms with Gasteiger partial charge in [-0.25, -0.2) is 13.1 Å². The maximum atomic E-state index is 12.1. The normalized spacial score (nSPS) is 17.8. The monoisotopic (exact) mass is 394 g/mol. The first-order chi connectivity index (χ1) is 12.9. The zero-order chi connectivity index (χ0) is 19.7. The number of nitrogens with one attached hydrogen (secondary N) is 1. The van der Waals surface area contributed by atoms with Gasteiger partial charge in [0.05, 0.1) is 6.42 Å². The molecule has 1 amide bonds. The second-order valence-corrected chi connectivity index (χ2v) is 8.15. The highest BCUT2D eigenvalue weighted by molar-refractivity contribution is 7.92. The number of piperidine rings is 1. The fourth-order valence-corrected chi connectivity index (χ4v) is 3.66. The Bertz CT molecular complexity index is 762. The van der Waals surface area contributed by atoms with Gasteiger partial charge in [0.15, 0.2) is 6.61 Å². The number of hydrogen-bond acceptors (Lipinski definition) is 5. The lowest BCUT2D eigenvalue weighted by Gasteiger charge is -2.33. The van der Waals surface area contributed by atoms with Crippen LogP contribution in [0, 0.1) is 0 Å². The third-order valence-corrected chi connectivity index (χ3v) is 5.45. The van der Waals surface area contributed by atoms with Gasteiger partial charge in [0, 0.05) is 24.5 Å². The fraction of sp³-hybridized carbons (Fsp3) is 0.474. The number of sulfonamides is 1. The van der Waals surface area contributed by atoms with Crippen LogP contribution in [0.4, 0.5) is 0 Å². The molecule has 148 valence electrons. The molecule has 8 heteroatoms. The van der Waals surface area contributed by atoms with E-state index in [0.29, 0.717) is 6.54 Å². The summed E-state index contributed by atoms with van der Waals surface area (Å²) >= 11 is 0. The Balaban J connectivity index is 1.69. The van der Waals surface area contributed by atoms with Crippen LogP contribution in [0.3, 0.4) is 0 Å². The molecule has 0 aliphatic carbocycles. The Morgan fingerprint density at radius 1 is 1.26 bits per heavy atom. The number of ether oxygens (including phenoxy) is 1. The van der Waals surface area contributed by atoms with Crippen molar-refractivity contribution in [2.45, 2.75) is 38.6 Å². The molecule has 0 aromatic heterocycles. The van der Waals surface area contributed by atoms with E-state index in [0.717, 1.165) is 30.2 Å². The number of carbonyl (C=O) groups excluding carboxylic acids is 2. The average Bonchev–Trinajstić information content (AvgIpc) is 2.66. The van der Waals surface area contributed by atoms with Gasteiger partial charge in [-0.15, -0.1) is 0 Å². The lowest BCUT2D eigenvalue weighted by Crippen LogP contribution is -2.44. The van der Waals surface area contributed by atoms with Crippen LogP contribution in [-0.2, 0) is 24.3 Å². The molecule has 1 aromatic carbocycles. The van der Waals surface area contributed by atoms with Crippen molar-refractivity contribution < 1.29 is 22.7 Å². The molecule has 1 N–H and O–H groups in total. The van der Waals surface area contributed by atoms with Crippen molar-refractivity contribution in [1.82, 2.24) is 9.62 Å². The second-order valence-electron chi connectivity index (χ2n) is 6.50. The van der Waals surface area contributed by atoms with Crippen molar-refractivity contribution in [2.24, 2.45) is 0 Å². The summed E-state index contributed by atoms with van der Waals surface area (Å²) < 4.78 is 31.0. The Morgan fingerprint density at radius 2 is 2.00 bits per heavy atom. The maximum absolute atomic E-state index is 12.1. The van der Waals surface area contributed by atoms with Gasteiger partial charge >= 0.3 is 5.97 Å². The minimum atomic E-state index is -3.64. The molecular weight excluding hydrogens is 368 g/mol. The highest BCUT2D eigenvalue weighted by atomic mass is 32.2. The predicted octanol–water partition coefficient (Wildman–Crippen LogP) is 1.91. The largest absolute Gasteiger partial charge is 0.456 e. The molecule has 27 heavy (non-hydrogen) atoms. The van der Waals surface area contributed by atoms with E-state index in [4.69, 9.17) is 4.74 Å². The summed E-state index contributed by atoms with van der Waals surface area (Å²) in [4.78, 5) is 25.6. The highest BCUT2D eigenvalue weighted by Gasteiger charge is 2.23. The van der Waals surface area contributed by atoms with E-state index < -0.39 is 16.0 Å². The number of rotatable bonds is 8. The van der Waals surface area contributed by atoms with Crippen molar-refractivity contribution >= 4 is 28.0 Å². The second kappa shape index (κ2) is 10.2. The summed E-state index contributed by atoms with van der Waals surface area (Å²) in [7, 11) is -3.64. The number of carbonyl (C=O) groups is 2. The van der Waals surface area contributed by atoms with Crippen LogP contribution < -0.4 is 4.72 Å². The molecule has 1 aliphatic rings. The Labute approximate surface area is 160 Å². The number of hydrogen-bond donors (Lipinski definition) is 1. The van der Waals surface area contributed by atoms with Gasteiger partial charge in [0.25, 0.3) is 5.91 Å². The molecule has 0 saturated carbocycles. The van der Waals surface area contributed by atoms with E-state index in [9.17, 15) is 18.0 Å². The van der Waals surface area contributed by atoms with Gasteiger partial charge in [-0.3, -0.25) is 9.59 Å². The van der Waals surface area contributed by atoms with Crippen molar-refractivity contribution in [3.63, 3.8) is 0 Å². The van der Waals surface area contributed by atoms with Gasteiger partial charge in [0.2, 0.25) is 10.0 Å². The molecule has 0 radical (unpaired) electrons. The molecule has 1 saturated heterocycles. The maximum Gasteiger partial charge on any atom is 0.307 e. The summed E-state index contributed by atoms with van der Waals surface area (Å²) in [5, 5.41) is 1.05. The third kappa shape index (κ3) is 7.52. The lowest BCUT2D eigenvalue weighted by atomic mass is 10.0. The zero-order valence-corrected chi connectivity index (χ0v) is 16.3. The minimum absolute atomic E-state index is 0.0887. The zero-order valence-electron chi connectivity index (χ0n) is 15.5. The standard InChI is InChI=1S/C19H26N2O5S/c1-16-7-5-6-13-21(16)18(22)15-26-19(23)10-12-20-27(24,25)14-11-17-8-3-2-4-9-17/h2-4,8-9,11,14,16,20H,5-7,10,12-13,15H2,1H3/b14-11+/t16-/m0/s1. The Kier molecular flexibility index (Phi) is 7.99. The highest BCUT2D eigenvalue weighted by Crippen LogP contribution is 2.16. The number of nitrogens with zero attached hydrogens (tertiary/aromatic N) is 1. The van der Waals surface area contributed by atoms with E-state index in [1.54, 1.807) is 17.0 Å². The van der Waals surface area contributed by atoms with Crippen LogP contribution in [0.2, 0.25) is 0 Å². The van der Waals surface area contributed by atoms with Gasteiger partial charge in [-0.1, -0.05) is 30.3 Å². The molecule has 0 bridgehead atoms. The van der Waals surface area contributed by atoms with Crippen molar-refractivity contribution in [2.75, 3.05) is 19.7 Å². The van der Waals surface area contributed by atoms with Crippen LogP contribution in [-0.4, -0.2) is 50.9 Å². The SMILES string of the molecule is C[C@H]1CCCCN1C(=O)COC(=O)CCNS(=O)(=O)/C=C/c1ccccc1. The molecule has 0 spiro atoms. The first kappa shape index (κ1) is 21.1. The summed E-state index contributed by atoms with van der Waals surface area (Å²) in [5.74, 6) is -0.815. The number of benzene rings is 1. The average molecular weight is 394 g/mol. The van der Waals surface area contributed by atoms with E-state index >= 15 is 0 Å². The molecule has 1 atom stereocenters. The van der Waals surface area contributed by atoms with Crippen molar-refractivity contribution in [1.29, 1.82) is 0 Å². The smallest absolute Gasteiger partial charge is 0.307 e. The van der Waals surface area contributed by atoms with Crippen LogP contribution >= 0.6 is 0 Å². The van der Waals surface area contributed by atoms with Crippen LogP contribution in [0.1, 0.15) is 38.2 Å². The van der Waals surface area contributed by atoms with E-state index in [-0.39, 0.29) is 31.5 Å². The third-order valence-electron chi connectivity index (χ3n) is 4.35. The topological polar surface area (TPSA) is 92.8 Å². The quantitative estimate of drug-likeness (QED) is 0.680. The predicted molar refractivity (Wildman–Crippen MR) is 103 cm³/mol. The fourth-order valence-electron chi connectivity index (χ4n) is 2.84. The molecule has 1 aromatic rings. The van der Waals surface area contributed by atoms with Gasteiger partial charge < -0.3 is 9.64 Å². The molecule has 1 heterocycles. The molecule has 0 unspecified atom stereocenters. The summed E-state index contributed by atoms with van der Waals surface area (Å²) in [6, 6.07) is 9.18. The number of likely N-dealkylation sites (tertiary alicyclic amines) is 1.